The molecule has 0 aliphatic heterocycles. The summed E-state index contributed by atoms with van der Waals surface area (Å²) in [6.45, 7) is 0.764. The van der Waals surface area contributed by atoms with E-state index in [1.54, 1.807) is 30.3 Å². The van der Waals surface area contributed by atoms with Crippen molar-refractivity contribution in [2.75, 3.05) is 12.3 Å². The van der Waals surface area contributed by atoms with Crippen LogP contribution in [0.1, 0.15) is 17.3 Å². The van der Waals surface area contributed by atoms with Crippen LogP contribution in [0.4, 0.5) is 5.82 Å². The largest absolute Gasteiger partial charge is 0.479 e. The van der Waals surface area contributed by atoms with Gasteiger partial charge in [0.05, 0.1) is 0 Å². The molecule has 1 heterocycles. The van der Waals surface area contributed by atoms with Gasteiger partial charge < -0.3 is 15.2 Å². The lowest BCUT2D eigenvalue weighted by Crippen LogP contribution is -2.36. The molecule has 3 N–H and O–H groups in total. The third-order valence-corrected chi connectivity index (χ3v) is 3.38. The quantitative estimate of drug-likeness (QED) is 0.548. The van der Waals surface area contributed by atoms with Gasteiger partial charge >= 0.3 is 11.7 Å². The SMILES string of the molecule is C[C@H](Oc1ccccc1)C(=O)OCC(=O)c1c(N)n(C)c(=O)[nH]c1=O. The van der Waals surface area contributed by atoms with E-state index in [-0.39, 0.29) is 5.82 Å². The number of nitrogens with two attached hydrogens (primary N) is 1. The van der Waals surface area contributed by atoms with Crippen LogP contribution in [0.5, 0.6) is 5.75 Å². The number of benzene rings is 1. The van der Waals surface area contributed by atoms with Gasteiger partial charge in [0.2, 0.25) is 5.78 Å². The van der Waals surface area contributed by atoms with Gasteiger partial charge in [-0.1, -0.05) is 18.2 Å². The number of nitrogens with zero attached hydrogens (tertiary/aromatic N) is 1. The summed E-state index contributed by atoms with van der Waals surface area (Å²) in [6, 6.07) is 8.61. The number of esters is 1. The summed E-state index contributed by atoms with van der Waals surface area (Å²) in [5.74, 6) is -1.44. The third-order valence-electron chi connectivity index (χ3n) is 3.38. The second-order valence-electron chi connectivity index (χ2n) is 5.18. The van der Waals surface area contributed by atoms with E-state index < -0.39 is 41.3 Å². The van der Waals surface area contributed by atoms with Crippen LogP contribution in [0, 0.1) is 0 Å². The minimum Gasteiger partial charge on any atom is -0.479 e. The summed E-state index contributed by atoms with van der Waals surface area (Å²) in [4.78, 5) is 49.1. The molecule has 25 heavy (non-hydrogen) atoms. The Kier molecular flexibility index (Phi) is 5.38. The zero-order valence-corrected chi connectivity index (χ0v) is 13.6. The minimum absolute atomic E-state index is 0.302. The highest BCUT2D eigenvalue weighted by Crippen LogP contribution is 2.11. The number of para-hydroxylation sites is 1. The van der Waals surface area contributed by atoms with Crippen molar-refractivity contribution in [3.8, 4) is 5.75 Å². The maximum absolute atomic E-state index is 12.1. The fraction of sp³-hybridized carbons (Fsp3) is 0.250. The van der Waals surface area contributed by atoms with Crippen molar-refractivity contribution in [2.24, 2.45) is 7.05 Å². The Bertz CT molecular complexity index is 900. The smallest absolute Gasteiger partial charge is 0.347 e. The molecule has 9 nitrogen and oxygen atoms in total. The fourth-order valence-corrected chi connectivity index (χ4v) is 1.98. The zero-order valence-electron chi connectivity index (χ0n) is 13.6. The number of anilines is 1. The lowest BCUT2D eigenvalue weighted by molar-refractivity contribution is -0.149. The van der Waals surface area contributed by atoms with Crippen molar-refractivity contribution < 1.29 is 19.1 Å². The maximum Gasteiger partial charge on any atom is 0.347 e. The van der Waals surface area contributed by atoms with E-state index in [1.165, 1.54) is 14.0 Å². The molecular weight excluding hydrogens is 330 g/mol. The predicted octanol–water partition coefficient (Wildman–Crippen LogP) is -0.151. The Hall–Kier alpha value is -3.36. The summed E-state index contributed by atoms with van der Waals surface area (Å²) in [6.07, 6.45) is -0.953. The van der Waals surface area contributed by atoms with Crippen LogP contribution < -0.4 is 21.7 Å². The fourth-order valence-electron chi connectivity index (χ4n) is 1.98. The van der Waals surface area contributed by atoms with Crippen LogP contribution in [-0.2, 0) is 16.6 Å². The number of nitrogens with one attached hydrogen (secondary N) is 1. The Labute approximate surface area is 142 Å². The summed E-state index contributed by atoms with van der Waals surface area (Å²) < 4.78 is 11.1. The van der Waals surface area contributed by atoms with Crippen LogP contribution in [0.3, 0.4) is 0 Å². The van der Waals surface area contributed by atoms with Gasteiger partial charge in [0.15, 0.2) is 12.7 Å². The molecule has 1 aromatic heterocycles. The average molecular weight is 347 g/mol. The molecule has 0 saturated carbocycles. The van der Waals surface area contributed by atoms with Gasteiger partial charge in [0, 0.05) is 7.05 Å². The molecule has 0 fully saturated rings. The molecule has 9 heteroatoms. The van der Waals surface area contributed by atoms with Crippen LogP contribution in [0.25, 0.3) is 0 Å². The number of aromatic amines is 1. The van der Waals surface area contributed by atoms with Gasteiger partial charge in [-0.05, 0) is 19.1 Å². The second-order valence-corrected chi connectivity index (χ2v) is 5.18. The highest BCUT2D eigenvalue weighted by Gasteiger charge is 2.22. The number of hydrogen-bond donors (Lipinski definition) is 2. The number of hydrogen-bond acceptors (Lipinski definition) is 7. The van der Waals surface area contributed by atoms with Gasteiger partial charge in [-0.2, -0.15) is 0 Å². The van der Waals surface area contributed by atoms with Gasteiger partial charge in [-0.25, -0.2) is 9.59 Å². The maximum atomic E-state index is 12.1. The zero-order chi connectivity index (χ0) is 18.6. The number of carbonyl (C=O) groups is 2. The summed E-state index contributed by atoms with van der Waals surface area (Å²) in [7, 11) is 1.30. The van der Waals surface area contributed by atoms with Gasteiger partial charge in [-0.15, -0.1) is 0 Å². The third kappa shape index (κ3) is 4.14. The van der Waals surface area contributed by atoms with Gasteiger partial charge in [0.1, 0.15) is 17.1 Å². The molecule has 0 saturated heterocycles. The molecule has 2 aromatic rings. The van der Waals surface area contributed by atoms with E-state index in [0.29, 0.717) is 5.75 Å². The van der Waals surface area contributed by atoms with E-state index in [4.69, 9.17) is 15.2 Å². The number of nitrogen functional groups attached to an aromatic ring is 1. The average Bonchev–Trinajstić information content (AvgIpc) is 2.58. The lowest BCUT2D eigenvalue weighted by atomic mass is 10.2. The highest BCUT2D eigenvalue weighted by molar-refractivity contribution is 6.01. The second kappa shape index (κ2) is 7.47. The van der Waals surface area contributed by atoms with Crippen molar-refractivity contribution in [2.45, 2.75) is 13.0 Å². The lowest BCUT2D eigenvalue weighted by Gasteiger charge is -2.14. The Balaban J connectivity index is 2.03. The van der Waals surface area contributed by atoms with E-state index in [2.05, 4.69) is 0 Å². The van der Waals surface area contributed by atoms with E-state index in [9.17, 15) is 19.2 Å². The van der Waals surface area contributed by atoms with Crippen molar-refractivity contribution in [3.63, 3.8) is 0 Å². The summed E-state index contributed by atoms with van der Waals surface area (Å²) in [5, 5.41) is 0. The van der Waals surface area contributed by atoms with Crippen molar-refractivity contribution >= 4 is 17.6 Å². The van der Waals surface area contributed by atoms with Gasteiger partial charge in [-0.3, -0.25) is 19.1 Å². The van der Waals surface area contributed by atoms with Crippen LogP contribution in [0.2, 0.25) is 0 Å². The van der Waals surface area contributed by atoms with Crippen LogP contribution in [-0.4, -0.2) is 34.0 Å². The molecule has 0 spiro atoms. The molecule has 0 aliphatic carbocycles. The number of ether oxygens (including phenoxy) is 2. The number of ketones is 1. The first-order valence-corrected chi connectivity index (χ1v) is 7.31. The molecule has 0 amide bonds. The number of Topliss-reactive ketones (excluding diaryl/α,β-unsaturated/α-hetero) is 1. The Morgan fingerprint density at radius 2 is 1.88 bits per heavy atom. The molecule has 0 aliphatic rings. The molecule has 0 radical (unpaired) electrons. The van der Waals surface area contributed by atoms with E-state index in [1.807, 2.05) is 4.98 Å². The van der Waals surface area contributed by atoms with Crippen molar-refractivity contribution in [3.05, 3.63) is 56.7 Å². The van der Waals surface area contributed by atoms with Gasteiger partial charge in [0.25, 0.3) is 5.56 Å². The van der Waals surface area contributed by atoms with Crippen molar-refractivity contribution in [1.29, 1.82) is 0 Å². The van der Waals surface area contributed by atoms with Crippen LogP contribution in [0.15, 0.2) is 39.9 Å². The molecular formula is C16H17N3O6. The normalized spacial score (nSPS) is 11.6. The summed E-state index contributed by atoms with van der Waals surface area (Å²) >= 11 is 0. The number of aromatic nitrogens is 2. The predicted molar refractivity (Wildman–Crippen MR) is 88.5 cm³/mol. The molecule has 0 bridgehead atoms. The molecule has 1 atom stereocenters. The first-order valence-electron chi connectivity index (χ1n) is 7.31. The monoisotopic (exact) mass is 347 g/mol. The number of H-pyrrole nitrogens is 1. The molecule has 0 unspecified atom stereocenters. The minimum atomic E-state index is -0.953. The standard InChI is InChI=1S/C16H17N3O6/c1-9(25-10-6-4-3-5-7-10)15(22)24-8-11(20)12-13(17)19(2)16(23)18-14(12)21/h3-7,9H,8,17H2,1-2H3,(H,18,21,23)/t9-/m0/s1. The molecule has 1 aromatic carbocycles. The Morgan fingerprint density at radius 3 is 2.52 bits per heavy atom. The topological polar surface area (TPSA) is 133 Å². The molecule has 132 valence electrons. The summed E-state index contributed by atoms with van der Waals surface area (Å²) in [5.41, 5.74) is 3.49. The first kappa shape index (κ1) is 18.0. The Morgan fingerprint density at radius 1 is 1.24 bits per heavy atom. The van der Waals surface area contributed by atoms with Crippen molar-refractivity contribution in [1.82, 2.24) is 9.55 Å². The van der Waals surface area contributed by atoms with E-state index in [0.717, 1.165) is 4.57 Å². The number of carbonyl (C=O) groups excluding carboxylic acids is 2. The van der Waals surface area contributed by atoms with Crippen LogP contribution >= 0.6 is 0 Å². The first-order chi connectivity index (χ1) is 11.8. The number of rotatable bonds is 6. The van der Waals surface area contributed by atoms with E-state index >= 15 is 0 Å². The molecule has 2 rings (SSSR count). The highest BCUT2D eigenvalue weighted by atomic mass is 16.6.